The van der Waals surface area contributed by atoms with Gasteiger partial charge in [-0.25, -0.2) is 18.2 Å². The third-order valence-corrected chi connectivity index (χ3v) is 3.14. The molecule has 0 spiro atoms. The van der Waals surface area contributed by atoms with E-state index >= 15 is 0 Å². The number of nitrogens with two attached hydrogens (primary N) is 1. The Morgan fingerprint density at radius 1 is 1.19 bits per heavy atom. The van der Waals surface area contributed by atoms with Gasteiger partial charge in [-0.2, -0.15) is 0 Å². The Balaban J connectivity index is 2.61. The lowest BCUT2D eigenvalue weighted by molar-refractivity contribution is 0.492. The summed E-state index contributed by atoms with van der Waals surface area (Å²) in [6.45, 7) is 4.05. The van der Waals surface area contributed by atoms with E-state index in [1.54, 1.807) is 26.1 Å². The predicted molar refractivity (Wildman–Crippen MR) is 75.2 cm³/mol. The summed E-state index contributed by atoms with van der Waals surface area (Å²) in [6.07, 6.45) is 1.57. The number of nitrogens with zero attached hydrogens (tertiary/aromatic N) is 1. The van der Waals surface area contributed by atoms with Crippen molar-refractivity contribution < 1.29 is 13.2 Å². The Bertz CT molecular complexity index is 636. The van der Waals surface area contributed by atoms with E-state index in [2.05, 4.69) is 10.3 Å². The first-order chi connectivity index (χ1) is 9.93. The molecule has 0 aliphatic heterocycles. The number of pyridine rings is 1. The number of aromatic nitrogens is 1. The molecule has 0 amide bonds. The maximum atomic E-state index is 14.0. The van der Waals surface area contributed by atoms with E-state index < -0.39 is 23.5 Å². The number of aryl methyl sites for hydroxylation is 1. The maximum Gasteiger partial charge on any atom is 0.134 e. The van der Waals surface area contributed by atoms with Gasteiger partial charge < -0.3 is 11.1 Å². The number of nitrogens with one attached hydrogen (secondary N) is 1. The lowest BCUT2D eigenvalue weighted by atomic mass is 9.97. The Hall–Kier alpha value is -2.08. The monoisotopic (exact) mass is 295 g/mol. The summed E-state index contributed by atoms with van der Waals surface area (Å²) in [5, 5.41) is 2.96. The minimum Gasteiger partial charge on any atom is -0.383 e. The highest BCUT2D eigenvalue weighted by molar-refractivity contribution is 5.47. The molecule has 0 radical (unpaired) electrons. The summed E-state index contributed by atoms with van der Waals surface area (Å²) in [6, 6.07) is 2.19. The van der Waals surface area contributed by atoms with Crippen LogP contribution in [-0.2, 0) is 0 Å². The van der Waals surface area contributed by atoms with Crippen LogP contribution in [0.4, 0.5) is 19.0 Å². The molecule has 1 aromatic carbocycles. The van der Waals surface area contributed by atoms with Crippen molar-refractivity contribution in [3.8, 4) is 0 Å². The van der Waals surface area contributed by atoms with Gasteiger partial charge in [0.05, 0.1) is 6.04 Å². The molecule has 1 atom stereocenters. The van der Waals surface area contributed by atoms with Gasteiger partial charge in [-0.3, -0.25) is 0 Å². The van der Waals surface area contributed by atoms with Crippen molar-refractivity contribution in [1.29, 1.82) is 0 Å². The number of benzene rings is 1. The van der Waals surface area contributed by atoms with Gasteiger partial charge in [-0.05, 0) is 25.1 Å². The van der Waals surface area contributed by atoms with Crippen LogP contribution in [0.2, 0.25) is 0 Å². The molecule has 112 valence electrons. The Kier molecular flexibility index (Phi) is 4.47. The molecular weight excluding hydrogens is 279 g/mol. The second-order valence-electron chi connectivity index (χ2n) is 4.76. The van der Waals surface area contributed by atoms with Crippen molar-refractivity contribution >= 4 is 5.82 Å². The van der Waals surface area contributed by atoms with E-state index in [1.165, 1.54) is 0 Å². The van der Waals surface area contributed by atoms with Gasteiger partial charge in [-0.1, -0.05) is 6.92 Å². The average molecular weight is 295 g/mol. The predicted octanol–water partition coefficient (Wildman–Crippen LogP) is 3.09. The molecule has 1 heterocycles. The molecule has 1 aromatic heterocycles. The summed E-state index contributed by atoms with van der Waals surface area (Å²) < 4.78 is 41.1. The fourth-order valence-corrected chi connectivity index (χ4v) is 2.23. The van der Waals surface area contributed by atoms with Gasteiger partial charge >= 0.3 is 0 Å². The molecule has 0 fully saturated rings. The Morgan fingerprint density at radius 3 is 2.38 bits per heavy atom. The smallest absolute Gasteiger partial charge is 0.134 e. The van der Waals surface area contributed by atoms with Crippen LogP contribution in [0.25, 0.3) is 0 Å². The van der Waals surface area contributed by atoms with E-state index in [4.69, 9.17) is 5.73 Å². The second-order valence-corrected chi connectivity index (χ2v) is 4.76. The van der Waals surface area contributed by atoms with Gasteiger partial charge in [0.1, 0.15) is 23.3 Å². The van der Waals surface area contributed by atoms with E-state index in [0.29, 0.717) is 24.2 Å². The SMILES string of the molecule is CCNC(c1cc(C)cnc1N)c1c(F)cc(F)cc1F. The zero-order valence-corrected chi connectivity index (χ0v) is 11.8. The second kappa shape index (κ2) is 6.13. The highest BCUT2D eigenvalue weighted by Gasteiger charge is 2.24. The lowest BCUT2D eigenvalue weighted by Crippen LogP contribution is -2.25. The van der Waals surface area contributed by atoms with E-state index in [0.717, 1.165) is 5.56 Å². The first-order valence-electron chi connectivity index (χ1n) is 6.53. The molecule has 3 N–H and O–H groups in total. The van der Waals surface area contributed by atoms with Crippen molar-refractivity contribution in [3.05, 3.63) is 58.5 Å². The van der Waals surface area contributed by atoms with Crippen LogP contribution in [-0.4, -0.2) is 11.5 Å². The third-order valence-electron chi connectivity index (χ3n) is 3.14. The van der Waals surface area contributed by atoms with E-state index in [1.807, 2.05) is 0 Å². The molecule has 2 rings (SSSR count). The fraction of sp³-hybridized carbons (Fsp3) is 0.267. The largest absolute Gasteiger partial charge is 0.383 e. The van der Waals surface area contributed by atoms with Gasteiger partial charge in [0.15, 0.2) is 0 Å². The standard InChI is InChI=1S/C15H16F3N3/c1-3-20-14(10-4-8(2)7-21-15(10)19)13-11(17)5-9(16)6-12(13)18/h4-7,14,20H,3H2,1-2H3,(H2,19,21). The van der Waals surface area contributed by atoms with Gasteiger partial charge in [-0.15, -0.1) is 0 Å². The normalized spacial score (nSPS) is 12.4. The molecule has 3 nitrogen and oxygen atoms in total. The Morgan fingerprint density at radius 2 is 1.81 bits per heavy atom. The van der Waals surface area contributed by atoms with Gasteiger partial charge in [0, 0.05) is 29.5 Å². The van der Waals surface area contributed by atoms with Crippen molar-refractivity contribution in [2.75, 3.05) is 12.3 Å². The number of hydrogen-bond acceptors (Lipinski definition) is 3. The topological polar surface area (TPSA) is 50.9 Å². The quantitative estimate of drug-likeness (QED) is 0.911. The number of nitrogen functional groups attached to an aromatic ring is 1. The van der Waals surface area contributed by atoms with Crippen LogP contribution >= 0.6 is 0 Å². The van der Waals surface area contributed by atoms with Crippen LogP contribution < -0.4 is 11.1 Å². The molecule has 21 heavy (non-hydrogen) atoms. The van der Waals surface area contributed by atoms with Crippen molar-refractivity contribution in [2.45, 2.75) is 19.9 Å². The minimum absolute atomic E-state index is 0.176. The number of halogens is 3. The summed E-state index contributed by atoms with van der Waals surface area (Å²) >= 11 is 0. The van der Waals surface area contributed by atoms with Crippen molar-refractivity contribution in [1.82, 2.24) is 10.3 Å². The summed E-state index contributed by atoms with van der Waals surface area (Å²) in [4.78, 5) is 4.00. The molecule has 2 aromatic rings. The lowest BCUT2D eigenvalue weighted by Gasteiger charge is -2.21. The zero-order valence-electron chi connectivity index (χ0n) is 11.8. The molecule has 0 saturated heterocycles. The van der Waals surface area contributed by atoms with Crippen LogP contribution in [0.15, 0.2) is 24.4 Å². The minimum atomic E-state index is -0.959. The summed E-state index contributed by atoms with van der Waals surface area (Å²) in [5.41, 5.74) is 6.82. The molecule has 0 aliphatic rings. The number of rotatable bonds is 4. The zero-order chi connectivity index (χ0) is 15.6. The maximum absolute atomic E-state index is 14.0. The third kappa shape index (κ3) is 3.16. The summed E-state index contributed by atoms with van der Waals surface area (Å²) in [5.74, 6) is -2.70. The molecule has 0 saturated carbocycles. The first-order valence-corrected chi connectivity index (χ1v) is 6.53. The van der Waals surface area contributed by atoms with Crippen LogP contribution in [0.1, 0.15) is 29.7 Å². The van der Waals surface area contributed by atoms with Crippen LogP contribution in [0, 0.1) is 24.4 Å². The summed E-state index contributed by atoms with van der Waals surface area (Å²) in [7, 11) is 0. The fourth-order valence-electron chi connectivity index (χ4n) is 2.23. The van der Waals surface area contributed by atoms with E-state index in [-0.39, 0.29) is 11.4 Å². The highest BCUT2D eigenvalue weighted by Crippen LogP contribution is 2.30. The van der Waals surface area contributed by atoms with Crippen LogP contribution in [0.3, 0.4) is 0 Å². The van der Waals surface area contributed by atoms with Gasteiger partial charge in [0.25, 0.3) is 0 Å². The highest BCUT2D eigenvalue weighted by atomic mass is 19.1. The van der Waals surface area contributed by atoms with Gasteiger partial charge in [0.2, 0.25) is 0 Å². The van der Waals surface area contributed by atoms with Crippen molar-refractivity contribution in [3.63, 3.8) is 0 Å². The molecule has 0 bridgehead atoms. The average Bonchev–Trinajstić information content (AvgIpc) is 2.39. The number of anilines is 1. The number of hydrogen-bond donors (Lipinski definition) is 2. The van der Waals surface area contributed by atoms with Crippen molar-refractivity contribution in [2.24, 2.45) is 0 Å². The molecule has 1 unspecified atom stereocenters. The Labute approximate surface area is 121 Å². The van der Waals surface area contributed by atoms with E-state index in [9.17, 15) is 13.2 Å². The van der Waals surface area contributed by atoms with Crippen LogP contribution in [0.5, 0.6) is 0 Å². The molecular formula is C15H16F3N3. The molecule has 0 aliphatic carbocycles. The first kappa shape index (κ1) is 15.3. The molecule has 6 heteroatoms.